The second-order valence-electron chi connectivity index (χ2n) is 7.47. The van der Waals surface area contributed by atoms with Crippen molar-refractivity contribution < 1.29 is 14.7 Å². The predicted octanol–water partition coefficient (Wildman–Crippen LogP) is 2.62. The van der Waals surface area contributed by atoms with Crippen molar-refractivity contribution >= 4 is 28.6 Å². The molecule has 0 radical (unpaired) electrons. The number of nitrogens with one attached hydrogen (secondary N) is 3. The van der Waals surface area contributed by atoms with E-state index in [9.17, 15) is 9.59 Å². The van der Waals surface area contributed by atoms with Crippen molar-refractivity contribution in [2.24, 2.45) is 5.92 Å². The first kappa shape index (κ1) is 16.9. The number of benzene rings is 1. The van der Waals surface area contributed by atoms with Crippen molar-refractivity contribution in [3.05, 3.63) is 30.5 Å². The highest BCUT2D eigenvalue weighted by Gasteiger charge is 2.37. The molecule has 1 aromatic carbocycles. The van der Waals surface area contributed by atoms with Crippen molar-refractivity contribution in [1.29, 1.82) is 0 Å². The first-order valence-electron chi connectivity index (χ1n) is 9.17. The fourth-order valence-electron chi connectivity index (χ4n) is 3.64. The predicted molar refractivity (Wildman–Crippen MR) is 99.2 cm³/mol. The van der Waals surface area contributed by atoms with E-state index in [4.69, 9.17) is 5.11 Å². The van der Waals surface area contributed by atoms with Crippen molar-refractivity contribution in [2.45, 2.75) is 37.8 Å². The fourth-order valence-corrected chi connectivity index (χ4v) is 3.64. The highest BCUT2D eigenvalue weighted by Crippen LogP contribution is 2.33. The Kier molecular flexibility index (Phi) is 4.55. The molecule has 2 aliphatic rings. The van der Waals surface area contributed by atoms with Gasteiger partial charge in [0.05, 0.1) is 6.54 Å². The minimum Gasteiger partial charge on any atom is -0.480 e. The van der Waals surface area contributed by atoms with Crippen molar-refractivity contribution in [3.63, 3.8) is 0 Å². The van der Waals surface area contributed by atoms with Gasteiger partial charge in [0.1, 0.15) is 0 Å². The molecule has 26 heavy (non-hydrogen) atoms. The number of carboxylic acids is 1. The smallest absolute Gasteiger partial charge is 0.319 e. The number of carbonyl (C=O) groups is 2. The lowest BCUT2D eigenvalue weighted by Crippen LogP contribution is -2.55. The van der Waals surface area contributed by atoms with Gasteiger partial charge in [0.2, 0.25) is 0 Å². The molecule has 4 N–H and O–H groups in total. The number of hydrogen-bond donors (Lipinski definition) is 4. The molecular formula is C19H24N4O3. The molecule has 0 spiro atoms. The number of carbonyl (C=O) groups excluding carboxylic acids is 1. The van der Waals surface area contributed by atoms with Gasteiger partial charge in [0.15, 0.2) is 0 Å². The van der Waals surface area contributed by atoms with Crippen LogP contribution in [0.4, 0.5) is 10.5 Å². The highest BCUT2D eigenvalue weighted by atomic mass is 16.4. The van der Waals surface area contributed by atoms with Crippen LogP contribution in [0.1, 0.15) is 25.7 Å². The Bertz CT molecular complexity index is 808. The molecule has 0 aliphatic heterocycles. The summed E-state index contributed by atoms with van der Waals surface area (Å²) in [6.07, 6.45) is 5.90. The van der Waals surface area contributed by atoms with E-state index >= 15 is 0 Å². The molecule has 0 atom stereocenters. The molecule has 2 aromatic rings. The summed E-state index contributed by atoms with van der Waals surface area (Å²) in [6, 6.07) is 7.85. The Hall–Kier alpha value is -2.54. The van der Waals surface area contributed by atoms with Gasteiger partial charge in [-0.2, -0.15) is 0 Å². The summed E-state index contributed by atoms with van der Waals surface area (Å²) in [5.41, 5.74) is 1.79. The number of urea groups is 1. The van der Waals surface area contributed by atoms with Crippen LogP contribution in [0, 0.1) is 5.92 Å². The number of aromatic amines is 1. The Morgan fingerprint density at radius 2 is 2.04 bits per heavy atom. The van der Waals surface area contributed by atoms with E-state index < -0.39 is 5.97 Å². The topological polar surface area (TPSA) is 97.5 Å². The SMILES string of the molecule is O=C(O)CN(CC1CC1)C1CC(NC(=O)Nc2ccc3[nH]ccc3c2)C1. The van der Waals surface area contributed by atoms with Gasteiger partial charge in [0, 0.05) is 41.4 Å². The summed E-state index contributed by atoms with van der Waals surface area (Å²) in [5.74, 6) is -0.118. The average Bonchev–Trinajstić information content (AvgIpc) is 3.23. The standard InChI is InChI=1S/C19H24N4O3/c24-18(25)11-23(10-12-1-2-12)16-8-15(9-16)22-19(26)21-14-3-4-17-13(7-14)5-6-20-17/h3-7,12,15-16,20H,1-2,8-11H2,(H,24,25)(H2,21,22,26). The van der Waals surface area contributed by atoms with Crippen LogP contribution in [0.25, 0.3) is 10.9 Å². The lowest BCUT2D eigenvalue weighted by atomic mass is 9.85. The number of aliphatic carboxylic acids is 1. The number of carboxylic acid groups (broad SMARTS) is 1. The zero-order valence-electron chi connectivity index (χ0n) is 14.6. The average molecular weight is 356 g/mol. The van der Waals surface area contributed by atoms with E-state index in [-0.39, 0.29) is 24.7 Å². The third-order valence-electron chi connectivity index (χ3n) is 5.30. The molecule has 1 aromatic heterocycles. The molecule has 0 unspecified atom stereocenters. The number of nitrogens with zero attached hydrogens (tertiary/aromatic N) is 1. The van der Waals surface area contributed by atoms with E-state index in [1.807, 2.05) is 30.5 Å². The molecular weight excluding hydrogens is 332 g/mol. The number of aromatic nitrogens is 1. The Morgan fingerprint density at radius 3 is 2.77 bits per heavy atom. The number of hydrogen-bond acceptors (Lipinski definition) is 3. The number of amides is 2. The van der Waals surface area contributed by atoms with E-state index in [0.29, 0.717) is 5.92 Å². The molecule has 2 aliphatic carbocycles. The minimum absolute atomic E-state index is 0.0940. The van der Waals surface area contributed by atoms with Crippen LogP contribution in [0.15, 0.2) is 30.5 Å². The summed E-state index contributed by atoms with van der Waals surface area (Å²) in [6.45, 7) is 0.962. The number of rotatable bonds is 7. The van der Waals surface area contributed by atoms with E-state index in [1.54, 1.807) is 0 Å². The lowest BCUT2D eigenvalue weighted by Gasteiger charge is -2.42. The monoisotopic (exact) mass is 356 g/mol. The lowest BCUT2D eigenvalue weighted by molar-refractivity contribution is -0.139. The minimum atomic E-state index is -0.778. The second-order valence-corrected chi connectivity index (χ2v) is 7.47. The first-order valence-corrected chi connectivity index (χ1v) is 9.17. The quantitative estimate of drug-likeness (QED) is 0.613. The molecule has 2 fully saturated rings. The molecule has 4 rings (SSSR count). The number of fused-ring (bicyclic) bond motifs is 1. The van der Waals surface area contributed by atoms with E-state index in [0.717, 1.165) is 36.0 Å². The number of anilines is 1. The maximum absolute atomic E-state index is 12.2. The molecule has 7 heteroatoms. The molecule has 7 nitrogen and oxygen atoms in total. The van der Waals surface area contributed by atoms with Crippen LogP contribution in [0.3, 0.4) is 0 Å². The molecule has 138 valence electrons. The number of H-pyrrole nitrogens is 1. The van der Waals surface area contributed by atoms with Gasteiger partial charge in [-0.3, -0.25) is 9.69 Å². The molecule has 1 heterocycles. The summed E-state index contributed by atoms with van der Waals surface area (Å²) >= 11 is 0. The third kappa shape index (κ3) is 3.99. The van der Waals surface area contributed by atoms with Crippen molar-refractivity contribution in [1.82, 2.24) is 15.2 Å². The van der Waals surface area contributed by atoms with Crippen molar-refractivity contribution in [3.8, 4) is 0 Å². The van der Waals surface area contributed by atoms with Gasteiger partial charge < -0.3 is 20.7 Å². The van der Waals surface area contributed by atoms with E-state index in [1.165, 1.54) is 12.8 Å². The van der Waals surface area contributed by atoms with Crippen LogP contribution in [0.5, 0.6) is 0 Å². The van der Waals surface area contributed by atoms with Crippen LogP contribution in [-0.2, 0) is 4.79 Å². The molecule has 2 saturated carbocycles. The van der Waals surface area contributed by atoms with Crippen molar-refractivity contribution in [2.75, 3.05) is 18.4 Å². The van der Waals surface area contributed by atoms with E-state index in [2.05, 4.69) is 20.5 Å². The van der Waals surface area contributed by atoms with Gasteiger partial charge in [0.25, 0.3) is 0 Å². The zero-order valence-corrected chi connectivity index (χ0v) is 14.6. The molecule has 0 bridgehead atoms. The van der Waals surface area contributed by atoms with Gasteiger partial charge in [-0.25, -0.2) is 4.79 Å². The summed E-state index contributed by atoms with van der Waals surface area (Å²) in [4.78, 5) is 28.5. The van der Waals surface area contributed by atoms with Crippen LogP contribution in [-0.4, -0.2) is 52.2 Å². The Morgan fingerprint density at radius 1 is 1.23 bits per heavy atom. The zero-order chi connectivity index (χ0) is 18.1. The molecule has 0 saturated heterocycles. The van der Waals surface area contributed by atoms with Gasteiger partial charge >= 0.3 is 12.0 Å². The molecule has 2 amide bonds. The second kappa shape index (κ2) is 6.99. The van der Waals surface area contributed by atoms with Gasteiger partial charge in [-0.1, -0.05) is 0 Å². The largest absolute Gasteiger partial charge is 0.480 e. The summed E-state index contributed by atoms with van der Waals surface area (Å²) < 4.78 is 0. The van der Waals surface area contributed by atoms with Gasteiger partial charge in [-0.05, 0) is 55.9 Å². The van der Waals surface area contributed by atoms with Crippen LogP contribution in [0.2, 0.25) is 0 Å². The fraction of sp³-hybridized carbons (Fsp3) is 0.474. The normalized spacial score (nSPS) is 22.2. The van der Waals surface area contributed by atoms with Gasteiger partial charge in [-0.15, -0.1) is 0 Å². The Labute approximate surface area is 151 Å². The summed E-state index contributed by atoms with van der Waals surface area (Å²) in [5, 5.41) is 16.0. The van der Waals surface area contributed by atoms with Crippen LogP contribution < -0.4 is 10.6 Å². The first-order chi connectivity index (χ1) is 12.6. The maximum atomic E-state index is 12.2. The summed E-state index contributed by atoms with van der Waals surface area (Å²) in [7, 11) is 0. The highest BCUT2D eigenvalue weighted by molar-refractivity contribution is 5.92. The maximum Gasteiger partial charge on any atom is 0.319 e. The van der Waals surface area contributed by atoms with Crippen LogP contribution >= 0.6 is 0 Å². The Balaban J connectivity index is 1.25. The third-order valence-corrected chi connectivity index (χ3v) is 5.30.